The lowest BCUT2D eigenvalue weighted by atomic mass is 10.2. The summed E-state index contributed by atoms with van der Waals surface area (Å²) in [6.07, 6.45) is 3.91. The highest BCUT2D eigenvalue weighted by Gasteiger charge is 2.17. The first-order valence-corrected chi connectivity index (χ1v) is 7.67. The van der Waals surface area contributed by atoms with E-state index in [1.165, 1.54) is 0 Å². The summed E-state index contributed by atoms with van der Waals surface area (Å²) in [5, 5.41) is 3.48. The molecule has 6 heteroatoms. The van der Waals surface area contributed by atoms with Crippen molar-refractivity contribution in [2.45, 2.75) is 19.8 Å². The number of rotatable bonds is 3. The van der Waals surface area contributed by atoms with Crippen LogP contribution in [0.5, 0.6) is 0 Å². The zero-order chi connectivity index (χ0) is 15.5. The molecule has 0 atom stereocenters. The number of hydrogen-bond donors (Lipinski definition) is 1. The molecule has 0 bridgehead atoms. The number of nitrogens with one attached hydrogen (secondary N) is 1. The molecule has 1 N–H and O–H groups in total. The molecule has 22 heavy (non-hydrogen) atoms. The topological polar surface area (TPSA) is 58.1 Å². The van der Waals surface area contributed by atoms with E-state index in [4.69, 9.17) is 11.6 Å². The quantitative estimate of drug-likeness (QED) is 0.944. The summed E-state index contributed by atoms with van der Waals surface area (Å²) in [5.74, 6) is 0.362. The van der Waals surface area contributed by atoms with E-state index in [0.29, 0.717) is 22.4 Å². The Morgan fingerprint density at radius 1 is 1.27 bits per heavy atom. The molecule has 0 radical (unpaired) electrons. The highest BCUT2D eigenvalue weighted by atomic mass is 35.5. The Morgan fingerprint density at radius 3 is 2.82 bits per heavy atom. The molecule has 1 saturated heterocycles. The minimum atomic E-state index is -0.256. The minimum absolute atomic E-state index is 0.256. The molecular formula is C16H17ClN4O. The van der Waals surface area contributed by atoms with Crippen molar-refractivity contribution in [1.29, 1.82) is 0 Å². The monoisotopic (exact) mass is 316 g/mol. The first-order valence-electron chi connectivity index (χ1n) is 7.29. The summed E-state index contributed by atoms with van der Waals surface area (Å²) in [6.45, 7) is 3.75. The number of anilines is 2. The second kappa shape index (κ2) is 6.32. The van der Waals surface area contributed by atoms with Crippen molar-refractivity contribution in [2.24, 2.45) is 0 Å². The largest absolute Gasteiger partial charge is 0.341 e. The van der Waals surface area contributed by atoms with Gasteiger partial charge in [-0.05, 0) is 43.5 Å². The Balaban J connectivity index is 1.80. The molecule has 2 aromatic rings. The van der Waals surface area contributed by atoms with Crippen molar-refractivity contribution in [1.82, 2.24) is 9.97 Å². The van der Waals surface area contributed by atoms with Crippen molar-refractivity contribution >= 4 is 29.1 Å². The molecule has 3 rings (SSSR count). The average Bonchev–Trinajstić information content (AvgIpc) is 3.06. The Kier molecular flexibility index (Phi) is 4.24. The van der Waals surface area contributed by atoms with Gasteiger partial charge in [0.2, 0.25) is 5.95 Å². The van der Waals surface area contributed by atoms with E-state index in [1.807, 2.05) is 13.0 Å². The number of hydrogen-bond acceptors (Lipinski definition) is 4. The Hall–Kier alpha value is -2.14. The molecular weight excluding hydrogens is 300 g/mol. The fourth-order valence-corrected chi connectivity index (χ4v) is 2.65. The van der Waals surface area contributed by atoms with Crippen LogP contribution in [0.25, 0.3) is 0 Å². The fourth-order valence-electron chi connectivity index (χ4n) is 2.47. The maximum atomic E-state index is 12.4. The van der Waals surface area contributed by atoms with E-state index in [0.717, 1.165) is 31.5 Å². The molecule has 1 aliphatic heterocycles. The van der Waals surface area contributed by atoms with Gasteiger partial charge in [-0.3, -0.25) is 4.79 Å². The molecule has 0 aliphatic carbocycles. The summed E-state index contributed by atoms with van der Waals surface area (Å²) >= 11 is 6.07. The maximum absolute atomic E-state index is 12.4. The van der Waals surface area contributed by atoms with Crippen LogP contribution in [0.3, 0.4) is 0 Å². The van der Waals surface area contributed by atoms with Crippen LogP contribution in [0.1, 0.15) is 28.9 Å². The standard InChI is InChI=1S/C16H17ClN4O/c1-11-12(17)5-4-6-13(11)19-15(22)14-7-8-18-16(20-14)21-9-2-3-10-21/h4-8H,2-3,9-10H2,1H3,(H,19,22). The first kappa shape index (κ1) is 14.8. The van der Waals surface area contributed by atoms with Gasteiger partial charge in [-0.2, -0.15) is 0 Å². The lowest BCUT2D eigenvalue weighted by Crippen LogP contribution is -2.22. The SMILES string of the molecule is Cc1c(Cl)cccc1NC(=O)c1ccnc(N2CCCC2)n1. The van der Waals surface area contributed by atoms with E-state index in [1.54, 1.807) is 24.4 Å². The molecule has 2 heterocycles. The van der Waals surface area contributed by atoms with Gasteiger partial charge in [-0.15, -0.1) is 0 Å². The molecule has 0 saturated carbocycles. The lowest BCUT2D eigenvalue weighted by Gasteiger charge is -2.15. The maximum Gasteiger partial charge on any atom is 0.274 e. The Bertz CT molecular complexity index is 698. The number of halogens is 1. The van der Waals surface area contributed by atoms with Crippen LogP contribution in [0.4, 0.5) is 11.6 Å². The summed E-state index contributed by atoms with van der Waals surface area (Å²) < 4.78 is 0. The van der Waals surface area contributed by atoms with E-state index >= 15 is 0 Å². The predicted octanol–water partition coefficient (Wildman–Crippen LogP) is 3.29. The third-order valence-electron chi connectivity index (χ3n) is 3.78. The highest BCUT2D eigenvalue weighted by molar-refractivity contribution is 6.31. The number of aromatic nitrogens is 2. The molecule has 0 unspecified atom stereocenters. The molecule has 1 aromatic carbocycles. The molecule has 5 nitrogen and oxygen atoms in total. The minimum Gasteiger partial charge on any atom is -0.341 e. The summed E-state index contributed by atoms with van der Waals surface area (Å²) in [7, 11) is 0. The van der Waals surface area contributed by atoms with Gasteiger partial charge in [0, 0.05) is 30.0 Å². The second-order valence-electron chi connectivity index (χ2n) is 5.30. The normalized spacial score (nSPS) is 14.2. The van der Waals surface area contributed by atoms with Gasteiger partial charge in [0.15, 0.2) is 0 Å². The second-order valence-corrected chi connectivity index (χ2v) is 5.71. The van der Waals surface area contributed by atoms with E-state index < -0.39 is 0 Å². The molecule has 1 aromatic heterocycles. The third kappa shape index (κ3) is 3.04. The van der Waals surface area contributed by atoms with Gasteiger partial charge in [0.25, 0.3) is 5.91 Å². The first-order chi connectivity index (χ1) is 10.6. The Morgan fingerprint density at radius 2 is 2.05 bits per heavy atom. The average molecular weight is 317 g/mol. The zero-order valence-corrected chi connectivity index (χ0v) is 13.1. The summed E-state index contributed by atoms with van der Waals surface area (Å²) in [5.41, 5.74) is 1.89. The lowest BCUT2D eigenvalue weighted by molar-refractivity contribution is 0.102. The highest BCUT2D eigenvalue weighted by Crippen LogP contribution is 2.23. The van der Waals surface area contributed by atoms with E-state index in [2.05, 4.69) is 20.2 Å². The van der Waals surface area contributed by atoms with Gasteiger partial charge >= 0.3 is 0 Å². The number of benzene rings is 1. The van der Waals surface area contributed by atoms with E-state index in [9.17, 15) is 4.79 Å². The van der Waals surface area contributed by atoms with Crippen LogP contribution >= 0.6 is 11.6 Å². The molecule has 0 spiro atoms. The van der Waals surface area contributed by atoms with Crippen molar-refractivity contribution in [3.8, 4) is 0 Å². The third-order valence-corrected chi connectivity index (χ3v) is 4.19. The fraction of sp³-hybridized carbons (Fsp3) is 0.312. The van der Waals surface area contributed by atoms with Crippen LogP contribution in [-0.4, -0.2) is 29.0 Å². The van der Waals surface area contributed by atoms with Crippen LogP contribution < -0.4 is 10.2 Å². The van der Waals surface area contributed by atoms with Crippen LogP contribution in [0, 0.1) is 6.92 Å². The van der Waals surface area contributed by atoms with Crippen LogP contribution in [0.2, 0.25) is 5.02 Å². The van der Waals surface area contributed by atoms with Crippen LogP contribution in [0.15, 0.2) is 30.5 Å². The molecule has 114 valence electrons. The molecule has 1 aliphatic rings. The number of carbonyl (C=O) groups excluding carboxylic acids is 1. The number of amides is 1. The smallest absolute Gasteiger partial charge is 0.274 e. The van der Waals surface area contributed by atoms with E-state index in [-0.39, 0.29) is 5.91 Å². The van der Waals surface area contributed by atoms with Crippen molar-refractivity contribution in [3.63, 3.8) is 0 Å². The van der Waals surface area contributed by atoms with Gasteiger partial charge in [-0.1, -0.05) is 17.7 Å². The van der Waals surface area contributed by atoms with Gasteiger partial charge < -0.3 is 10.2 Å². The summed E-state index contributed by atoms with van der Waals surface area (Å²) in [4.78, 5) is 23.1. The predicted molar refractivity (Wildman–Crippen MR) is 87.6 cm³/mol. The van der Waals surface area contributed by atoms with Crippen molar-refractivity contribution in [2.75, 3.05) is 23.3 Å². The van der Waals surface area contributed by atoms with Gasteiger partial charge in [-0.25, -0.2) is 9.97 Å². The van der Waals surface area contributed by atoms with Crippen molar-refractivity contribution in [3.05, 3.63) is 46.7 Å². The molecule has 1 amide bonds. The summed E-state index contributed by atoms with van der Waals surface area (Å²) in [6, 6.07) is 7.04. The number of carbonyl (C=O) groups is 1. The zero-order valence-electron chi connectivity index (χ0n) is 12.3. The number of nitrogens with zero attached hydrogens (tertiary/aromatic N) is 3. The Labute approximate surface area is 134 Å². The van der Waals surface area contributed by atoms with Crippen molar-refractivity contribution < 1.29 is 4.79 Å². The van der Waals surface area contributed by atoms with Gasteiger partial charge in [0.1, 0.15) is 5.69 Å². The van der Waals surface area contributed by atoms with Gasteiger partial charge in [0.05, 0.1) is 0 Å². The molecule has 1 fully saturated rings. The van der Waals surface area contributed by atoms with Crippen LogP contribution in [-0.2, 0) is 0 Å².